The van der Waals surface area contributed by atoms with Crippen molar-refractivity contribution in [1.82, 2.24) is 0 Å². The van der Waals surface area contributed by atoms with Crippen molar-refractivity contribution >= 4 is 0 Å². The SMILES string of the molecule is C.CC(C)c1ccccc1F.Cc1ccc(C(C)C)cc1.Cc1cccc(C(C)C)c1. The summed E-state index contributed by atoms with van der Waals surface area (Å²) in [4.78, 5) is 0. The number of hydrogen-bond acceptors (Lipinski definition) is 0. The van der Waals surface area contributed by atoms with Crippen LogP contribution in [0.2, 0.25) is 0 Å². The van der Waals surface area contributed by atoms with Gasteiger partial charge in [-0.05, 0) is 54.4 Å². The van der Waals surface area contributed by atoms with Crippen molar-refractivity contribution in [1.29, 1.82) is 0 Å². The number of halogens is 1. The standard InChI is InChI=1S/2C10H14.C9H11F.CH4/c1-8(2)10-6-4-9(3)5-7-10;1-8(2)10-6-4-5-9(3)7-10;1-7(2)8-5-3-4-6-9(8)10;/h2*4-8H,1-3H3;3-7H,1-2H3;1H4. The molecule has 0 saturated heterocycles. The van der Waals surface area contributed by atoms with Gasteiger partial charge in [0.1, 0.15) is 5.82 Å². The highest BCUT2D eigenvalue weighted by atomic mass is 19.1. The fourth-order valence-electron chi connectivity index (χ4n) is 2.92. The van der Waals surface area contributed by atoms with Gasteiger partial charge in [-0.2, -0.15) is 0 Å². The summed E-state index contributed by atoms with van der Waals surface area (Å²) in [5.74, 6) is 1.49. The van der Waals surface area contributed by atoms with Gasteiger partial charge < -0.3 is 0 Å². The van der Waals surface area contributed by atoms with E-state index in [0.29, 0.717) is 11.8 Å². The molecule has 0 aromatic heterocycles. The Labute approximate surface area is 191 Å². The van der Waals surface area contributed by atoms with E-state index in [1.54, 1.807) is 6.07 Å². The van der Waals surface area contributed by atoms with Crippen molar-refractivity contribution in [3.63, 3.8) is 0 Å². The minimum absolute atomic E-state index is 0. The second kappa shape index (κ2) is 14.6. The summed E-state index contributed by atoms with van der Waals surface area (Å²) in [6, 6.07) is 24.3. The van der Waals surface area contributed by atoms with E-state index in [2.05, 4.69) is 90.1 Å². The molecule has 0 spiro atoms. The molecule has 0 saturated carbocycles. The van der Waals surface area contributed by atoms with Gasteiger partial charge in [-0.25, -0.2) is 4.39 Å². The minimum Gasteiger partial charge on any atom is -0.207 e. The summed E-state index contributed by atoms with van der Waals surface area (Å²) in [7, 11) is 0. The zero-order chi connectivity index (χ0) is 22.7. The Kier molecular flexibility index (Phi) is 13.4. The van der Waals surface area contributed by atoms with Gasteiger partial charge in [0.25, 0.3) is 0 Å². The molecule has 0 bridgehead atoms. The van der Waals surface area contributed by atoms with Gasteiger partial charge in [-0.3, -0.25) is 0 Å². The predicted octanol–water partition coefficient (Wildman–Crippen LogP) is 9.82. The van der Waals surface area contributed by atoms with Crippen LogP contribution in [-0.4, -0.2) is 0 Å². The van der Waals surface area contributed by atoms with E-state index in [1.807, 2.05) is 26.0 Å². The molecule has 170 valence electrons. The molecule has 0 unspecified atom stereocenters. The molecule has 3 aromatic carbocycles. The lowest BCUT2D eigenvalue weighted by Crippen LogP contribution is -1.90. The summed E-state index contributed by atoms with van der Waals surface area (Å²) >= 11 is 0. The molecule has 0 fully saturated rings. The smallest absolute Gasteiger partial charge is 0.126 e. The van der Waals surface area contributed by atoms with Crippen molar-refractivity contribution in [2.45, 2.75) is 80.6 Å². The van der Waals surface area contributed by atoms with Crippen LogP contribution in [0.3, 0.4) is 0 Å². The quantitative estimate of drug-likeness (QED) is 0.394. The van der Waals surface area contributed by atoms with Crippen LogP contribution < -0.4 is 0 Å². The Hall–Kier alpha value is -2.41. The molecule has 0 aliphatic heterocycles. The third-order valence-electron chi connectivity index (χ3n) is 4.98. The third-order valence-corrected chi connectivity index (χ3v) is 4.98. The van der Waals surface area contributed by atoms with Crippen LogP contribution in [0.5, 0.6) is 0 Å². The maximum absolute atomic E-state index is 12.8. The van der Waals surface area contributed by atoms with E-state index < -0.39 is 0 Å². The molecule has 0 atom stereocenters. The molecule has 0 nitrogen and oxygen atoms in total. The molecular formula is C30H43F. The second-order valence-electron chi connectivity index (χ2n) is 8.81. The minimum atomic E-state index is -0.0995. The molecule has 0 amide bonds. The molecule has 1 heteroatoms. The van der Waals surface area contributed by atoms with E-state index >= 15 is 0 Å². The van der Waals surface area contributed by atoms with Gasteiger partial charge in [0.05, 0.1) is 0 Å². The summed E-state index contributed by atoms with van der Waals surface area (Å²) < 4.78 is 12.8. The number of hydrogen-bond donors (Lipinski definition) is 0. The van der Waals surface area contributed by atoms with E-state index in [-0.39, 0.29) is 19.2 Å². The van der Waals surface area contributed by atoms with E-state index in [4.69, 9.17) is 0 Å². The van der Waals surface area contributed by atoms with Gasteiger partial charge in [-0.1, -0.05) is 127 Å². The van der Waals surface area contributed by atoms with Crippen LogP contribution in [0.1, 0.15) is 94.5 Å². The molecule has 3 rings (SSSR count). The fraction of sp³-hybridized carbons (Fsp3) is 0.400. The first-order chi connectivity index (χ1) is 14.1. The van der Waals surface area contributed by atoms with E-state index in [1.165, 1.54) is 28.3 Å². The lowest BCUT2D eigenvalue weighted by atomic mass is 10.0. The van der Waals surface area contributed by atoms with Crippen molar-refractivity contribution in [2.24, 2.45) is 0 Å². The topological polar surface area (TPSA) is 0 Å². The Balaban J connectivity index is 0.000000429. The molecule has 0 heterocycles. The average molecular weight is 423 g/mol. The van der Waals surface area contributed by atoms with Crippen LogP contribution in [0.15, 0.2) is 72.8 Å². The highest BCUT2D eigenvalue weighted by molar-refractivity contribution is 5.25. The zero-order valence-corrected chi connectivity index (χ0v) is 20.0. The third kappa shape index (κ3) is 11.0. The van der Waals surface area contributed by atoms with Gasteiger partial charge in [0, 0.05) is 0 Å². The molecule has 0 aliphatic carbocycles. The summed E-state index contributed by atoms with van der Waals surface area (Å²) in [5.41, 5.74) is 6.34. The van der Waals surface area contributed by atoms with E-state index in [0.717, 1.165) is 5.56 Å². The Morgan fingerprint density at radius 2 is 1.10 bits per heavy atom. The lowest BCUT2D eigenvalue weighted by molar-refractivity contribution is 0.598. The maximum Gasteiger partial charge on any atom is 0.126 e. The van der Waals surface area contributed by atoms with Crippen LogP contribution >= 0.6 is 0 Å². The van der Waals surface area contributed by atoms with Gasteiger partial charge in [0.15, 0.2) is 0 Å². The summed E-state index contributed by atoms with van der Waals surface area (Å²) in [6.07, 6.45) is 0. The van der Waals surface area contributed by atoms with Gasteiger partial charge in [0.2, 0.25) is 0 Å². The first-order valence-electron chi connectivity index (χ1n) is 11.0. The van der Waals surface area contributed by atoms with Crippen molar-refractivity contribution in [3.05, 3.63) is 106 Å². The lowest BCUT2D eigenvalue weighted by Gasteiger charge is -2.04. The highest BCUT2D eigenvalue weighted by Gasteiger charge is 2.03. The Bertz CT molecular complexity index is 858. The molecule has 3 aromatic rings. The first-order valence-corrected chi connectivity index (χ1v) is 11.0. The molecule has 0 radical (unpaired) electrons. The zero-order valence-electron chi connectivity index (χ0n) is 20.0. The van der Waals surface area contributed by atoms with Crippen molar-refractivity contribution in [3.8, 4) is 0 Å². The predicted molar refractivity (Wildman–Crippen MR) is 138 cm³/mol. The van der Waals surface area contributed by atoms with Gasteiger partial charge >= 0.3 is 0 Å². The van der Waals surface area contributed by atoms with Crippen LogP contribution in [0, 0.1) is 19.7 Å². The largest absolute Gasteiger partial charge is 0.207 e. The monoisotopic (exact) mass is 422 g/mol. The molecule has 31 heavy (non-hydrogen) atoms. The number of rotatable bonds is 3. The average Bonchev–Trinajstić information content (AvgIpc) is 2.69. The molecule has 0 N–H and O–H groups in total. The molecule has 0 aliphatic rings. The maximum atomic E-state index is 12.8. The fourth-order valence-corrected chi connectivity index (χ4v) is 2.92. The number of benzene rings is 3. The Morgan fingerprint density at radius 1 is 0.548 bits per heavy atom. The second-order valence-corrected chi connectivity index (χ2v) is 8.81. The van der Waals surface area contributed by atoms with Crippen molar-refractivity contribution in [2.75, 3.05) is 0 Å². The normalized spacial score (nSPS) is 10.1. The van der Waals surface area contributed by atoms with Crippen LogP contribution in [-0.2, 0) is 0 Å². The van der Waals surface area contributed by atoms with Gasteiger partial charge in [-0.15, -0.1) is 0 Å². The summed E-state index contributed by atoms with van der Waals surface area (Å²) in [5, 5.41) is 0. The summed E-state index contributed by atoms with van der Waals surface area (Å²) in [6.45, 7) is 17.1. The van der Waals surface area contributed by atoms with Crippen molar-refractivity contribution < 1.29 is 4.39 Å². The number of aryl methyl sites for hydroxylation is 2. The molecular weight excluding hydrogens is 379 g/mol. The first kappa shape index (κ1) is 28.6. The van der Waals surface area contributed by atoms with Crippen LogP contribution in [0.4, 0.5) is 4.39 Å². The van der Waals surface area contributed by atoms with E-state index in [9.17, 15) is 4.39 Å². The highest BCUT2D eigenvalue weighted by Crippen LogP contribution is 2.17. The van der Waals surface area contributed by atoms with Crippen LogP contribution in [0.25, 0.3) is 0 Å². The Morgan fingerprint density at radius 3 is 1.48 bits per heavy atom.